The number of nitrogens with zero attached hydrogens (tertiary/aromatic N) is 3. The highest BCUT2D eigenvalue weighted by Crippen LogP contribution is 2.20. The van der Waals surface area contributed by atoms with Crippen molar-refractivity contribution in [3.63, 3.8) is 0 Å². The predicted octanol–water partition coefficient (Wildman–Crippen LogP) is 1.97. The van der Waals surface area contributed by atoms with Crippen LogP contribution < -0.4 is 5.32 Å². The van der Waals surface area contributed by atoms with Gasteiger partial charge in [0.15, 0.2) is 0 Å². The molecule has 1 N–H and O–H groups in total. The molecular weight excluding hydrogens is 248 g/mol. The third-order valence-corrected chi connectivity index (χ3v) is 3.92. The smallest absolute Gasteiger partial charge is 0.138 e. The molecule has 4 nitrogen and oxygen atoms in total. The minimum atomic E-state index is 0.570. The molecule has 1 aromatic carbocycles. The number of hydrogen-bond acceptors (Lipinski definition) is 3. The summed E-state index contributed by atoms with van der Waals surface area (Å²) in [6, 6.07) is 11.5. The van der Waals surface area contributed by atoms with Gasteiger partial charge in [0.1, 0.15) is 12.2 Å². The summed E-state index contributed by atoms with van der Waals surface area (Å²) in [5, 5.41) is 7.82. The predicted molar refractivity (Wildman–Crippen MR) is 79.4 cm³/mol. The lowest BCUT2D eigenvalue weighted by atomic mass is 9.95. The van der Waals surface area contributed by atoms with Crippen molar-refractivity contribution in [3.05, 3.63) is 48.0 Å². The average molecular weight is 270 g/mol. The molecule has 4 heteroatoms. The lowest BCUT2D eigenvalue weighted by molar-refractivity contribution is 0.451. The largest absolute Gasteiger partial charge is 0.314 e. The van der Waals surface area contributed by atoms with Gasteiger partial charge in [0.05, 0.1) is 0 Å². The molecule has 1 fully saturated rings. The van der Waals surface area contributed by atoms with E-state index in [9.17, 15) is 0 Å². The molecule has 1 atom stereocenters. The number of nitrogens with one attached hydrogen (secondary N) is 1. The molecule has 106 valence electrons. The summed E-state index contributed by atoms with van der Waals surface area (Å²) in [4.78, 5) is 4.36. The Morgan fingerprint density at radius 2 is 2.05 bits per heavy atom. The Labute approximate surface area is 120 Å². The first-order chi connectivity index (χ1) is 9.81. The molecule has 1 aliphatic rings. The van der Waals surface area contributed by atoms with Gasteiger partial charge in [-0.1, -0.05) is 30.3 Å². The fourth-order valence-electron chi connectivity index (χ4n) is 2.55. The standard InChI is InChI=1S/C16H22N4/c1-20-16(18-12-19-20)10-14(11-17-15-7-8-15)9-13-5-3-2-4-6-13/h2-6,12,14-15,17H,7-11H2,1H3. The van der Waals surface area contributed by atoms with Gasteiger partial charge in [-0.3, -0.25) is 4.68 Å². The van der Waals surface area contributed by atoms with Gasteiger partial charge in [-0.25, -0.2) is 4.98 Å². The van der Waals surface area contributed by atoms with Crippen molar-refractivity contribution in [1.29, 1.82) is 0 Å². The Hall–Kier alpha value is -1.68. The molecule has 0 aliphatic heterocycles. The summed E-state index contributed by atoms with van der Waals surface area (Å²) in [6.45, 7) is 1.06. The van der Waals surface area contributed by atoms with Gasteiger partial charge in [-0.05, 0) is 37.3 Å². The number of benzene rings is 1. The fourth-order valence-corrected chi connectivity index (χ4v) is 2.55. The molecular formula is C16H22N4. The molecule has 0 bridgehead atoms. The van der Waals surface area contributed by atoms with Gasteiger partial charge >= 0.3 is 0 Å². The minimum Gasteiger partial charge on any atom is -0.314 e. The van der Waals surface area contributed by atoms with Crippen molar-refractivity contribution in [2.45, 2.75) is 31.7 Å². The van der Waals surface area contributed by atoms with Crippen molar-refractivity contribution in [2.75, 3.05) is 6.54 Å². The van der Waals surface area contributed by atoms with Crippen LogP contribution in [0, 0.1) is 5.92 Å². The number of aromatic nitrogens is 3. The molecule has 0 amide bonds. The van der Waals surface area contributed by atoms with E-state index in [2.05, 4.69) is 45.7 Å². The highest BCUT2D eigenvalue weighted by atomic mass is 15.3. The van der Waals surface area contributed by atoms with Crippen LogP contribution in [0.3, 0.4) is 0 Å². The van der Waals surface area contributed by atoms with Crippen molar-refractivity contribution in [1.82, 2.24) is 20.1 Å². The average Bonchev–Trinajstić information content (AvgIpc) is 3.21. The Bertz CT molecular complexity index is 530. The van der Waals surface area contributed by atoms with E-state index in [0.717, 1.165) is 31.3 Å². The molecule has 0 saturated heterocycles. The number of hydrogen-bond donors (Lipinski definition) is 1. The third-order valence-electron chi connectivity index (χ3n) is 3.92. The first-order valence-electron chi connectivity index (χ1n) is 7.41. The Morgan fingerprint density at radius 1 is 1.25 bits per heavy atom. The maximum atomic E-state index is 4.36. The topological polar surface area (TPSA) is 42.7 Å². The second kappa shape index (κ2) is 6.18. The van der Waals surface area contributed by atoms with Crippen LogP contribution in [0.2, 0.25) is 0 Å². The molecule has 1 aliphatic carbocycles. The second-order valence-electron chi connectivity index (χ2n) is 5.74. The van der Waals surface area contributed by atoms with Crippen LogP contribution in [-0.4, -0.2) is 27.4 Å². The molecule has 1 heterocycles. The van der Waals surface area contributed by atoms with Crippen LogP contribution >= 0.6 is 0 Å². The maximum absolute atomic E-state index is 4.36. The monoisotopic (exact) mass is 270 g/mol. The molecule has 1 unspecified atom stereocenters. The normalized spacial score (nSPS) is 16.2. The van der Waals surface area contributed by atoms with Gasteiger partial charge in [-0.2, -0.15) is 5.10 Å². The van der Waals surface area contributed by atoms with Crippen molar-refractivity contribution >= 4 is 0 Å². The Balaban J connectivity index is 1.64. The van der Waals surface area contributed by atoms with Crippen molar-refractivity contribution < 1.29 is 0 Å². The molecule has 3 rings (SSSR count). The second-order valence-corrected chi connectivity index (χ2v) is 5.74. The highest BCUT2D eigenvalue weighted by molar-refractivity contribution is 5.15. The number of aryl methyl sites for hydroxylation is 1. The number of rotatable bonds is 7. The van der Waals surface area contributed by atoms with Crippen LogP contribution in [0.15, 0.2) is 36.7 Å². The summed E-state index contributed by atoms with van der Waals surface area (Å²) in [5.74, 6) is 1.64. The van der Waals surface area contributed by atoms with E-state index in [1.54, 1.807) is 6.33 Å². The zero-order chi connectivity index (χ0) is 13.8. The van der Waals surface area contributed by atoms with E-state index < -0.39 is 0 Å². The first kappa shape index (κ1) is 13.3. The summed E-state index contributed by atoms with van der Waals surface area (Å²) >= 11 is 0. The Morgan fingerprint density at radius 3 is 2.70 bits per heavy atom. The molecule has 2 aromatic rings. The van der Waals surface area contributed by atoms with Gasteiger partial charge in [-0.15, -0.1) is 0 Å². The van der Waals surface area contributed by atoms with Gasteiger partial charge in [0, 0.05) is 19.5 Å². The van der Waals surface area contributed by atoms with E-state index in [0.29, 0.717) is 5.92 Å². The molecule has 0 spiro atoms. The third kappa shape index (κ3) is 3.67. The molecule has 1 aromatic heterocycles. The summed E-state index contributed by atoms with van der Waals surface area (Å²) in [5.41, 5.74) is 1.40. The van der Waals surface area contributed by atoms with E-state index in [1.807, 2.05) is 11.7 Å². The van der Waals surface area contributed by atoms with E-state index >= 15 is 0 Å². The van der Waals surface area contributed by atoms with E-state index in [-0.39, 0.29) is 0 Å². The van der Waals surface area contributed by atoms with Gasteiger partial charge in [0.25, 0.3) is 0 Å². The van der Waals surface area contributed by atoms with Crippen LogP contribution in [0.5, 0.6) is 0 Å². The van der Waals surface area contributed by atoms with Gasteiger partial charge in [0.2, 0.25) is 0 Å². The first-order valence-corrected chi connectivity index (χ1v) is 7.41. The van der Waals surface area contributed by atoms with Crippen molar-refractivity contribution in [2.24, 2.45) is 13.0 Å². The summed E-state index contributed by atoms with van der Waals surface area (Å²) in [7, 11) is 1.97. The van der Waals surface area contributed by atoms with Gasteiger partial charge < -0.3 is 5.32 Å². The summed E-state index contributed by atoms with van der Waals surface area (Å²) in [6.07, 6.45) is 6.38. The Kier molecular flexibility index (Phi) is 4.11. The van der Waals surface area contributed by atoms with E-state index in [4.69, 9.17) is 0 Å². The lowest BCUT2D eigenvalue weighted by Crippen LogP contribution is -2.28. The maximum Gasteiger partial charge on any atom is 0.138 e. The molecule has 20 heavy (non-hydrogen) atoms. The van der Waals surface area contributed by atoms with Crippen LogP contribution in [0.25, 0.3) is 0 Å². The summed E-state index contributed by atoms with van der Waals surface area (Å²) < 4.78 is 1.88. The highest BCUT2D eigenvalue weighted by Gasteiger charge is 2.22. The van der Waals surface area contributed by atoms with Crippen molar-refractivity contribution in [3.8, 4) is 0 Å². The molecule has 1 saturated carbocycles. The van der Waals surface area contributed by atoms with Crippen LogP contribution in [-0.2, 0) is 19.9 Å². The quantitative estimate of drug-likeness (QED) is 0.836. The lowest BCUT2D eigenvalue weighted by Gasteiger charge is -2.17. The zero-order valence-corrected chi connectivity index (χ0v) is 12.0. The fraction of sp³-hybridized carbons (Fsp3) is 0.500. The SMILES string of the molecule is Cn1ncnc1CC(CNC1CC1)Cc1ccccc1. The van der Waals surface area contributed by atoms with E-state index in [1.165, 1.54) is 18.4 Å². The molecule has 0 radical (unpaired) electrons. The minimum absolute atomic E-state index is 0.570. The van der Waals surface area contributed by atoms with Crippen LogP contribution in [0.1, 0.15) is 24.2 Å². The zero-order valence-electron chi connectivity index (χ0n) is 12.0. The van der Waals surface area contributed by atoms with Crippen LogP contribution in [0.4, 0.5) is 0 Å².